The van der Waals surface area contributed by atoms with E-state index in [0.717, 1.165) is 10.0 Å². The first kappa shape index (κ1) is 12.6. The predicted octanol–water partition coefficient (Wildman–Crippen LogP) is 5.28. The second-order valence-electron chi connectivity index (χ2n) is 3.46. The molecule has 0 saturated carbocycles. The Labute approximate surface area is 116 Å². The maximum Gasteiger partial charge on any atom is 0.165 e. The molecule has 0 atom stereocenters. The molecule has 0 heterocycles. The summed E-state index contributed by atoms with van der Waals surface area (Å²) in [5.74, 6) is 0.472. The molecule has 0 radical (unpaired) electrons. The first-order chi connectivity index (χ1) is 8.19. The van der Waals surface area contributed by atoms with Gasteiger partial charge < -0.3 is 4.74 Å². The summed E-state index contributed by atoms with van der Waals surface area (Å²) in [4.78, 5) is 0. The van der Waals surface area contributed by atoms with E-state index in [1.54, 1.807) is 24.3 Å². The van der Waals surface area contributed by atoms with Crippen LogP contribution >= 0.6 is 31.9 Å². The van der Waals surface area contributed by atoms with E-state index in [1.807, 2.05) is 12.1 Å². The Morgan fingerprint density at radius 1 is 1.12 bits per heavy atom. The molecule has 88 valence electrons. The van der Waals surface area contributed by atoms with E-state index in [0.29, 0.717) is 11.1 Å². The molecule has 0 amide bonds. The fourth-order valence-corrected chi connectivity index (χ4v) is 2.09. The Morgan fingerprint density at radius 2 is 1.94 bits per heavy atom. The summed E-state index contributed by atoms with van der Waals surface area (Å²) in [5.41, 5.74) is 0.969. The van der Waals surface area contributed by atoms with E-state index < -0.39 is 0 Å². The Kier molecular flexibility index (Phi) is 4.18. The zero-order valence-corrected chi connectivity index (χ0v) is 12.0. The second-order valence-corrected chi connectivity index (χ2v) is 4.93. The van der Waals surface area contributed by atoms with Crippen LogP contribution in [0, 0.1) is 5.82 Å². The fraction of sp³-hybridized carbons (Fsp3) is 0.0769. The minimum atomic E-state index is -0.366. The first-order valence-electron chi connectivity index (χ1n) is 4.97. The molecule has 1 nitrogen and oxygen atoms in total. The molecule has 0 spiro atoms. The van der Waals surface area contributed by atoms with Gasteiger partial charge in [0.15, 0.2) is 11.6 Å². The SMILES string of the molecule is Fc1ccc(CBr)cc1Oc1cccc(Br)c1. The third-order valence-electron chi connectivity index (χ3n) is 2.17. The van der Waals surface area contributed by atoms with Gasteiger partial charge in [-0.1, -0.05) is 44.0 Å². The predicted molar refractivity (Wildman–Crippen MR) is 73.2 cm³/mol. The van der Waals surface area contributed by atoms with Crippen LogP contribution in [-0.2, 0) is 5.33 Å². The minimum Gasteiger partial charge on any atom is -0.454 e. The van der Waals surface area contributed by atoms with Crippen LogP contribution in [0.4, 0.5) is 4.39 Å². The van der Waals surface area contributed by atoms with Gasteiger partial charge in [0.1, 0.15) is 5.75 Å². The molecule has 0 unspecified atom stereocenters. The molecule has 2 aromatic rings. The standard InChI is InChI=1S/C13H9Br2FO/c14-8-9-4-5-12(16)13(6-9)17-11-3-1-2-10(15)7-11/h1-7H,8H2. The van der Waals surface area contributed by atoms with Gasteiger partial charge >= 0.3 is 0 Å². The van der Waals surface area contributed by atoms with E-state index in [9.17, 15) is 4.39 Å². The zero-order valence-electron chi connectivity index (χ0n) is 8.79. The number of halogens is 3. The summed E-state index contributed by atoms with van der Waals surface area (Å²) < 4.78 is 19.9. The van der Waals surface area contributed by atoms with Crippen molar-refractivity contribution in [3.05, 3.63) is 58.3 Å². The first-order valence-corrected chi connectivity index (χ1v) is 6.88. The molecule has 17 heavy (non-hydrogen) atoms. The smallest absolute Gasteiger partial charge is 0.165 e. The van der Waals surface area contributed by atoms with Crippen LogP contribution in [0.15, 0.2) is 46.9 Å². The van der Waals surface area contributed by atoms with Crippen LogP contribution in [0.5, 0.6) is 11.5 Å². The summed E-state index contributed by atoms with van der Waals surface area (Å²) in [5, 5.41) is 0.669. The molecular weight excluding hydrogens is 351 g/mol. The van der Waals surface area contributed by atoms with E-state index in [1.165, 1.54) is 6.07 Å². The number of rotatable bonds is 3. The van der Waals surface area contributed by atoms with Crippen molar-refractivity contribution in [3.63, 3.8) is 0 Å². The maximum absolute atomic E-state index is 13.5. The zero-order chi connectivity index (χ0) is 12.3. The summed E-state index contributed by atoms with van der Waals surface area (Å²) in [7, 11) is 0. The van der Waals surface area contributed by atoms with Crippen LogP contribution in [0.25, 0.3) is 0 Å². The van der Waals surface area contributed by atoms with E-state index in [-0.39, 0.29) is 11.6 Å². The van der Waals surface area contributed by atoms with E-state index in [4.69, 9.17) is 4.74 Å². The monoisotopic (exact) mass is 358 g/mol. The van der Waals surface area contributed by atoms with Crippen LogP contribution < -0.4 is 4.74 Å². The Balaban J connectivity index is 2.29. The highest BCUT2D eigenvalue weighted by Gasteiger charge is 2.06. The van der Waals surface area contributed by atoms with E-state index in [2.05, 4.69) is 31.9 Å². The number of hydrogen-bond donors (Lipinski definition) is 0. The van der Waals surface area contributed by atoms with Crippen molar-refractivity contribution in [2.45, 2.75) is 5.33 Å². The van der Waals surface area contributed by atoms with Gasteiger partial charge in [-0.15, -0.1) is 0 Å². The highest BCUT2D eigenvalue weighted by Crippen LogP contribution is 2.27. The lowest BCUT2D eigenvalue weighted by Gasteiger charge is -2.08. The average molecular weight is 360 g/mol. The number of alkyl halides is 1. The van der Waals surface area contributed by atoms with Crippen molar-refractivity contribution >= 4 is 31.9 Å². The second kappa shape index (κ2) is 5.65. The molecule has 0 aliphatic heterocycles. The number of hydrogen-bond acceptors (Lipinski definition) is 1. The van der Waals surface area contributed by atoms with Gasteiger partial charge in [-0.25, -0.2) is 4.39 Å². The van der Waals surface area contributed by atoms with Crippen LogP contribution in [0.1, 0.15) is 5.56 Å². The van der Waals surface area contributed by atoms with Crippen molar-refractivity contribution in [2.24, 2.45) is 0 Å². The van der Waals surface area contributed by atoms with Gasteiger partial charge in [-0.3, -0.25) is 0 Å². The van der Waals surface area contributed by atoms with Crippen molar-refractivity contribution in [1.82, 2.24) is 0 Å². The Morgan fingerprint density at radius 3 is 2.65 bits per heavy atom. The van der Waals surface area contributed by atoms with E-state index >= 15 is 0 Å². The third-order valence-corrected chi connectivity index (χ3v) is 3.31. The lowest BCUT2D eigenvalue weighted by molar-refractivity contribution is 0.441. The minimum absolute atomic E-state index is 0.236. The average Bonchev–Trinajstić information content (AvgIpc) is 2.32. The molecule has 0 fully saturated rings. The molecular formula is C13H9Br2FO. The molecule has 0 N–H and O–H groups in total. The van der Waals surface area contributed by atoms with Crippen LogP contribution in [0.3, 0.4) is 0 Å². The van der Waals surface area contributed by atoms with Crippen LogP contribution in [0.2, 0.25) is 0 Å². The van der Waals surface area contributed by atoms with Gasteiger partial charge in [0.05, 0.1) is 0 Å². The van der Waals surface area contributed by atoms with Gasteiger partial charge in [-0.2, -0.15) is 0 Å². The summed E-state index contributed by atoms with van der Waals surface area (Å²) in [6.45, 7) is 0. The molecule has 0 aromatic heterocycles. The van der Waals surface area contributed by atoms with Crippen molar-refractivity contribution in [3.8, 4) is 11.5 Å². The van der Waals surface area contributed by atoms with Crippen LogP contribution in [-0.4, -0.2) is 0 Å². The normalized spacial score (nSPS) is 10.3. The largest absolute Gasteiger partial charge is 0.454 e. The molecule has 2 aromatic carbocycles. The van der Waals surface area contributed by atoms with Gasteiger partial charge in [0.2, 0.25) is 0 Å². The van der Waals surface area contributed by atoms with Crippen molar-refractivity contribution < 1.29 is 9.13 Å². The van der Waals surface area contributed by atoms with Gasteiger partial charge in [0.25, 0.3) is 0 Å². The van der Waals surface area contributed by atoms with Crippen molar-refractivity contribution in [1.29, 1.82) is 0 Å². The molecule has 0 bridgehead atoms. The Bertz CT molecular complexity index is 529. The molecule has 0 aliphatic carbocycles. The topological polar surface area (TPSA) is 9.23 Å². The summed E-state index contributed by atoms with van der Waals surface area (Å²) in [6.07, 6.45) is 0. The molecule has 4 heteroatoms. The molecule has 2 rings (SSSR count). The highest BCUT2D eigenvalue weighted by atomic mass is 79.9. The fourth-order valence-electron chi connectivity index (χ4n) is 1.37. The number of benzene rings is 2. The molecule has 0 aliphatic rings. The Hall–Kier alpha value is -0.870. The lowest BCUT2D eigenvalue weighted by Crippen LogP contribution is -1.90. The highest BCUT2D eigenvalue weighted by molar-refractivity contribution is 9.10. The van der Waals surface area contributed by atoms with Crippen molar-refractivity contribution in [2.75, 3.05) is 0 Å². The lowest BCUT2D eigenvalue weighted by atomic mass is 10.2. The third kappa shape index (κ3) is 3.30. The van der Waals surface area contributed by atoms with Gasteiger partial charge in [0, 0.05) is 9.80 Å². The summed E-state index contributed by atoms with van der Waals surface area (Å²) in [6, 6.07) is 12.1. The van der Waals surface area contributed by atoms with Gasteiger partial charge in [-0.05, 0) is 35.9 Å². The molecule has 0 saturated heterocycles. The number of ether oxygens (including phenoxy) is 1. The maximum atomic E-state index is 13.5. The summed E-state index contributed by atoms with van der Waals surface area (Å²) >= 11 is 6.67. The quantitative estimate of drug-likeness (QED) is 0.678.